The van der Waals surface area contributed by atoms with Crippen molar-refractivity contribution >= 4 is 27.5 Å². The Morgan fingerprint density at radius 1 is 1.57 bits per heavy atom. The first-order valence-corrected chi connectivity index (χ1v) is 5.63. The summed E-state index contributed by atoms with van der Waals surface area (Å²) in [5.74, 6) is -0.00331. The van der Waals surface area contributed by atoms with Gasteiger partial charge in [-0.25, -0.2) is 0 Å². The number of nitrogens with one attached hydrogen (secondary N) is 1. The number of carbonyl (C=O) groups is 1. The first-order valence-electron chi connectivity index (χ1n) is 4.72. The number of fused-ring (bicyclic) bond motifs is 1. The van der Waals surface area contributed by atoms with E-state index in [2.05, 4.69) is 27.3 Å². The lowest BCUT2D eigenvalue weighted by Crippen LogP contribution is -2.07. The molecule has 0 saturated carbocycles. The van der Waals surface area contributed by atoms with Gasteiger partial charge in [0.05, 0.1) is 0 Å². The monoisotopic (exact) mass is 253 g/mol. The highest BCUT2D eigenvalue weighted by molar-refractivity contribution is 9.09. The predicted molar refractivity (Wildman–Crippen MR) is 60.7 cm³/mol. The predicted octanol–water partition coefficient (Wildman–Crippen LogP) is 3.03. The maximum Gasteiger partial charge on any atom is 0.221 e. The van der Waals surface area contributed by atoms with E-state index in [0.29, 0.717) is 4.83 Å². The molecule has 1 aromatic carbocycles. The fourth-order valence-corrected chi connectivity index (χ4v) is 2.57. The highest BCUT2D eigenvalue weighted by Crippen LogP contribution is 2.40. The Kier molecular flexibility index (Phi) is 2.59. The van der Waals surface area contributed by atoms with E-state index in [9.17, 15) is 4.79 Å². The van der Waals surface area contributed by atoms with Crippen molar-refractivity contribution in [3.63, 3.8) is 0 Å². The van der Waals surface area contributed by atoms with E-state index in [1.165, 1.54) is 11.1 Å². The zero-order valence-corrected chi connectivity index (χ0v) is 9.60. The third-order valence-electron chi connectivity index (χ3n) is 2.51. The summed E-state index contributed by atoms with van der Waals surface area (Å²) in [4.78, 5) is 11.4. The fourth-order valence-electron chi connectivity index (χ4n) is 1.91. The van der Waals surface area contributed by atoms with Crippen molar-refractivity contribution in [3.05, 3.63) is 29.3 Å². The van der Waals surface area contributed by atoms with Crippen molar-refractivity contribution in [3.8, 4) is 0 Å². The molecular weight excluding hydrogens is 242 g/mol. The Labute approximate surface area is 91.8 Å². The summed E-state index contributed by atoms with van der Waals surface area (Å²) in [7, 11) is 0. The summed E-state index contributed by atoms with van der Waals surface area (Å²) in [5, 5.41) is 2.87. The Morgan fingerprint density at radius 3 is 3.07 bits per heavy atom. The van der Waals surface area contributed by atoms with Crippen LogP contribution in [0, 0.1) is 0 Å². The second kappa shape index (κ2) is 3.73. The number of carbonyl (C=O) groups excluding carboxylic acids is 1. The van der Waals surface area contributed by atoms with Gasteiger partial charge in [-0.1, -0.05) is 28.1 Å². The molecule has 0 fully saturated rings. The summed E-state index contributed by atoms with van der Waals surface area (Å²) in [5.41, 5.74) is 3.57. The zero-order chi connectivity index (χ0) is 10.1. The van der Waals surface area contributed by atoms with Crippen molar-refractivity contribution < 1.29 is 4.79 Å². The van der Waals surface area contributed by atoms with Gasteiger partial charge in [-0.3, -0.25) is 4.79 Å². The van der Waals surface area contributed by atoms with Gasteiger partial charge in [-0.15, -0.1) is 0 Å². The molecule has 0 radical (unpaired) electrons. The second-order valence-corrected chi connectivity index (χ2v) is 4.67. The number of rotatable bonds is 1. The normalized spacial score (nSPS) is 19.1. The molecule has 1 atom stereocenters. The zero-order valence-electron chi connectivity index (χ0n) is 8.01. The lowest BCUT2D eigenvalue weighted by Gasteiger charge is -2.08. The minimum atomic E-state index is -0.00331. The van der Waals surface area contributed by atoms with Gasteiger partial charge in [0.25, 0.3) is 0 Å². The maximum atomic E-state index is 11.0. The number of halogens is 1. The van der Waals surface area contributed by atoms with Gasteiger partial charge in [0.15, 0.2) is 0 Å². The molecule has 0 spiro atoms. The molecule has 0 saturated heterocycles. The molecule has 0 aromatic heterocycles. The molecule has 0 aliphatic heterocycles. The summed E-state index contributed by atoms with van der Waals surface area (Å²) in [6, 6.07) is 6.07. The van der Waals surface area contributed by atoms with Crippen molar-refractivity contribution in [2.45, 2.75) is 24.6 Å². The number of hydrogen-bond donors (Lipinski definition) is 1. The molecule has 1 aliphatic rings. The van der Waals surface area contributed by atoms with Crippen LogP contribution in [0.4, 0.5) is 5.69 Å². The molecule has 1 aromatic rings. The van der Waals surface area contributed by atoms with E-state index in [-0.39, 0.29) is 5.91 Å². The molecule has 74 valence electrons. The SMILES string of the molecule is CC(=O)Nc1cccc2c1CCC2Br. The van der Waals surface area contributed by atoms with E-state index in [1.807, 2.05) is 12.1 Å². The summed E-state index contributed by atoms with van der Waals surface area (Å²) in [6.45, 7) is 1.54. The molecule has 14 heavy (non-hydrogen) atoms. The van der Waals surface area contributed by atoms with Gasteiger partial charge < -0.3 is 5.32 Å². The van der Waals surface area contributed by atoms with Crippen LogP contribution in [-0.4, -0.2) is 5.91 Å². The first-order chi connectivity index (χ1) is 6.68. The molecule has 1 unspecified atom stereocenters. The Hall–Kier alpha value is -0.830. The van der Waals surface area contributed by atoms with Gasteiger partial charge in [0.2, 0.25) is 5.91 Å². The van der Waals surface area contributed by atoms with Gasteiger partial charge in [-0.05, 0) is 30.0 Å². The van der Waals surface area contributed by atoms with Crippen molar-refractivity contribution in [1.82, 2.24) is 0 Å². The van der Waals surface area contributed by atoms with E-state index in [1.54, 1.807) is 6.92 Å². The standard InChI is InChI=1S/C11H12BrNO/c1-7(14)13-11-4-2-3-8-9(11)5-6-10(8)12/h2-4,10H,5-6H2,1H3,(H,13,14). The van der Waals surface area contributed by atoms with Crippen LogP contribution in [0.15, 0.2) is 18.2 Å². The smallest absolute Gasteiger partial charge is 0.221 e. The van der Waals surface area contributed by atoms with Crippen molar-refractivity contribution in [2.24, 2.45) is 0 Å². The van der Waals surface area contributed by atoms with Gasteiger partial charge in [-0.2, -0.15) is 0 Å². The molecule has 0 heterocycles. The van der Waals surface area contributed by atoms with E-state index >= 15 is 0 Å². The molecule has 1 aliphatic carbocycles. The number of alkyl halides is 1. The molecule has 1 N–H and O–H groups in total. The first kappa shape index (κ1) is 9.71. The summed E-state index contributed by atoms with van der Waals surface area (Å²) in [6.07, 6.45) is 2.16. The molecule has 2 nitrogen and oxygen atoms in total. The Balaban J connectivity index is 2.39. The van der Waals surface area contributed by atoms with Crippen LogP contribution in [0.1, 0.15) is 29.3 Å². The van der Waals surface area contributed by atoms with Crippen LogP contribution in [0.5, 0.6) is 0 Å². The lowest BCUT2D eigenvalue weighted by atomic mass is 10.1. The Morgan fingerprint density at radius 2 is 2.36 bits per heavy atom. The van der Waals surface area contributed by atoms with Crippen LogP contribution in [-0.2, 0) is 11.2 Å². The molecule has 0 bridgehead atoms. The summed E-state index contributed by atoms with van der Waals surface area (Å²) < 4.78 is 0. The number of hydrogen-bond acceptors (Lipinski definition) is 1. The van der Waals surface area contributed by atoms with E-state index < -0.39 is 0 Å². The molecule has 3 heteroatoms. The fraction of sp³-hybridized carbons (Fsp3) is 0.364. The molecular formula is C11H12BrNO. The minimum absolute atomic E-state index is 0.00331. The van der Waals surface area contributed by atoms with E-state index in [0.717, 1.165) is 18.5 Å². The van der Waals surface area contributed by atoms with E-state index in [4.69, 9.17) is 0 Å². The van der Waals surface area contributed by atoms with Crippen LogP contribution < -0.4 is 5.32 Å². The van der Waals surface area contributed by atoms with Gasteiger partial charge >= 0.3 is 0 Å². The van der Waals surface area contributed by atoms with Crippen LogP contribution in [0.2, 0.25) is 0 Å². The quantitative estimate of drug-likeness (QED) is 0.767. The average Bonchev–Trinajstić information content (AvgIpc) is 2.49. The van der Waals surface area contributed by atoms with Crippen LogP contribution in [0.25, 0.3) is 0 Å². The topological polar surface area (TPSA) is 29.1 Å². The van der Waals surface area contributed by atoms with Crippen LogP contribution in [0.3, 0.4) is 0 Å². The highest BCUT2D eigenvalue weighted by atomic mass is 79.9. The highest BCUT2D eigenvalue weighted by Gasteiger charge is 2.22. The summed E-state index contributed by atoms with van der Waals surface area (Å²) >= 11 is 3.62. The minimum Gasteiger partial charge on any atom is -0.326 e. The third-order valence-corrected chi connectivity index (χ3v) is 3.46. The third kappa shape index (κ3) is 1.69. The van der Waals surface area contributed by atoms with Crippen LogP contribution >= 0.6 is 15.9 Å². The second-order valence-electron chi connectivity index (χ2n) is 3.56. The number of amides is 1. The Bertz CT molecular complexity index is 376. The lowest BCUT2D eigenvalue weighted by molar-refractivity contribution is -0.114. The van der Waals surface area contributed by atoms with Gasteiger partial charge in [0, 0.05) is 17.4 Å². The number of anilines is 1. The maximum absolute atomic E-state index is 11.0. The van der Waals surface area contributed by atoms with Crippen molar-refractivity contribution in [2.75, 3.05) is 5.32 Å². The number of benzene rings is 1. The molecule has 1 amide bonds. The largest absolute Gasteiger partial charge is 0.326 e. The average molecular weight is 254 g/mol. The van der Waals surface area contributed by atoms with Crippen molar-refractivity contribution in [1.29, 1.82) is 0 Å². The van der Waals surface area contributed by atoms with Gasteiger partial charge in [0.1, 0.15) is 0 Å². The molecule has 2 rings (SSSR count).